The zero-order chi connectivity index (χ0) is 19.6. The van der Waals surface area contributed by atoms with E-state index in [-0.39, 0.29) is 0 Å². The summed E-state index contributed by atoms with van der Waals surface area (Å²) >= 11 is 13.3. The number of ether oxygens (including phenoxy) is 1. The second-order valence-electron chi connectivity index (χ2n) is 5.84. The monoisotopic (exact) mass is 422 g/mol. The zero-order valence-corrected chi connectivity index (χ0v) is 17.8. The summed E-state index contributed by atoms with van der Waals surface area (Å²) in [4.78, 5) is 11.8. The molecule has 0 bridgehead atoms. The van der Waals surface area contributed by atoms with Crippen molar-refractivity contribution in [2.75, 3.05) is 24.2 Å². The highest BCUT2D eigenvalue weighted by Crippen LogP contribution is 2.22. The van der Waals surface area contributed by atoms with Crippen molar-refractivity contribution in [3.05, 3.63) is 64.2 Å². The van der Waals surface area contributed by atoms with E-state index in [1.807, 2.05) is 11.8 Å². The molecule has 0 aliphatic rings. The number of carbonyl (C=O) groups is 1. The molecule has 27 heavy (non-hydrogen) atoms. The molecule has 0 aromatic heterocycles. The predicted octanol–water partition coefficient (Wildman–Crippen LogP) is 5.04. The van der Waals surface area contributed by atoms with Gasteiger partial charge in [-0.3, -0.25) is 0 Å². The van der Waals surface area contributed by atoms with E-state index in [4.69, 9.17) is 28.6 Å². The Morgan fingerprint density at radius 1 is 1.26 bits per heavy atom. The van der Waals surface area contributed by atoms with Crippen molar-refractivity contribution in [1.82, 2.24) is 5.32 Å². The molecule has 7 heteroatoms. The highest BCUT2D eigenvalue weighted by Gasteiger charge is 2.12. The molecule has 4 nitrogen and oxygen atoms in total. The summed E-state index contributed by atoms with van der Waals surface area (Å²) in [6, 6.07) is 13.6. The van der Waals surface area contributed by atoms with Crippen LogP contribution in [0.25, 0.3) is 0 Å². The third-order valence-corrected chi connectivity index (χ3v) is 5.19. The van der Waals surface area contributed by atoms with Crippen LogP contribution in [-0.4, -0.2) is 30.0 Å². The van der Waals surface area contributed by atoms with E-state index >= 15 is 0 Å². The SMILES string of the molecule is CCOC(=O)c1ccc(NC(=S)NCCSCc2cccc(C)c2)cc1Cl. The number of benzene rings is 2. The number of nitrogens with one attached hydrogen (secondary N) is 2. The van der Waals surface area contributed by atoms with Gasteiger partial charge in [-0.1, -0.05) is 41.4 Å². The number of thioether (sulfide) groups is 1. The number of rotatable bonds is 8. The lowest BCUT2D eigenvalue weighted by molar-refractivity contribution is 0.0526. The number of thiocarbonyl (C=S) groups is 1. The van der Waals surface area contributed by atoms with Crippen LogP contribution in [0, 0.1) is 6.92 Å². The molecule has 0 aliphatic heterocycles. The quantitative estimate of drug-likeness (QED) is 0.353. The van der Waals surface area contributed by atoms with Crippen LogP contribution in [0.15, 0.2) is 42.5 Å². The van der Waals surface area contributed by atoms with Gasteiger partial charge < -0.3 is 15.4 Å². The van der Waals surface area contributed by atoms with Gasteiger partial charge in [0.05, 0.1) is 17.2 Å². The normalized spacial score (nSPS) is 10.3. The van der Waals surface area contributed by atoms with Crippen LogP contribution in [0.3, 0.4) is 0 Å². The molecule has 0 heterocycles. The van der Waals surface area contributed by atoms with Crippen molar-refractivity contribution in [2.24, 2.45) is 0 Å². The van der Waals surface area contributed by atoms with E-state index in [2.05, 4.69) is 41.8 Å². The van der Waals surface area contributed by atoms with E-state index in [9.17, 15) is 4.79 Å². The average molecular weight is 423 g/mol. The molecule has 2 rings (SSSR count). The Labute approximate surface area is 175 Å². The third kappa shape index (κ3) is 7.40. The van der Waals surface area contributed by atoms with Gasteiger partial charge in [0.1, 0.15) is 0 Å². The van der Waals surface area contributed by atoms with Gasteiger partial charge in [-0.05, 0) is 49.8 Å². The fraction of sp³-hybridized carbons (Fsp3) is 0.300. The summed E-state index contributed by atoms with van der Waals surface area (Å²) in [6.07, 6.45) is 0. The molecule has 0 amide bonds. The van der Waals surface area contributed by atoms with Gasteiger partial charge in [-0.2, -0.15) is 11.8 Å². The number of halogens is 1. The Morgan fingerprint density at radius 2 is 2.07 bits per heavy atom. The van der Waals surface area contributed by atoms with Crippen LogP contribution in [0.5, 0.6) is 0 Å². The molecule has 0 fully saturated rings. The first-order valence-corrected chi connectivity index (χ1v) is 10.6. The summed E-state index contributed by atoms with van der Waals surface area (Å²) in [5.41, 5.74) is 3.68. The van der Waals surface area contributed by atoms with Crippen molar-refractivity contribution < 1.29 is 9.53 Å². The Balaban J connectivity index is 1.72. The number of hydrogen-bond donors (Lipinski definition) is 2. The third-order valence-electron chi connectivity index (χ3n) is 3.61. The number of esters is 1. The minimum atomic E-state index is -0.430. The van der Waals surface area contributed by atoms with Gasteiger partial charge >= 0.3 is 5.97 Å². The summed E-state index contributed by atoms with van der Waals surface area (Å²) < 4.78 is 4.96. The maximum atomic E-state index is 11.8. The van der Waals surface area contributed by atoms with Crippen molar-refractivity contribution in [1.29, 1.82) is 0 Å². The summed E-state index contributed by atoms with van der Waals surface area (Å²) in [7, 11) is 0. The van der Waals surface area contributed by atoms with Gasteiger partial charge in [0.2, 0.25) is 0 Å². The maximum absolute atomic E-state index is 11.8. The lowest BCUT2D eigenvalue weighted by Crippen LogP contribution is -2.30. The molecule has 0 saturated carbocycles. The number of aryl methyl sites for hydroxylation is 1. The number of anilines is 1. The van der Waals surface area contributed by atoms with Crippen LogP contribution in [0.1, 0.15) is 28.4 Å². The Morgan fingerprint density at radius 3 is 2.78 bits per heavy atom. The van der Waals surface area contributed by atoms with Gasteiger partial charge in [0.15, 0.2) is 5.11 Å². The first-order chi connectivity index (χ1) is 13.0. The molecular weight excluding hydrogens is 400 g/mol. The Bertz CT molecular complexity index is 799. The van der Waals surface area contributed by atoms with E-state index in [0.717, 1.165) is 23.7 Å². The Kier molecular flexibility index (Phi) is 8.91. The second-order valence-corrected chi connectivity index (χ2v) is 7.76. The number of carbonyl (C=O) groups excluding carboxylic acids is 1. The van der Waals surface area contributed by atoms with E-state index < -0.39 is 5.97 Å². The zero-order valence-electron chi connectivity index (χ0n) is 15.4. The fourth-order valence-electron chi connectivity index (χ4n) is 2.37. The van der Waals surface area contributed by atoms with Crippen LogP contribution >= 0.6 is 35.6 Å². The molecule has 0 atom stereocenters. The molecule has 2 N–H and O–H groups in total. The van der Waals surface area contributed by atoms with Crippen molar-refractivity contribution in [3.8, 4) is 0 Å². The first kappa shape index (κ1) is 21.5. The van der Waals surface area contributed by atoms with Crippen molar-refractivity contribution in [2.45, 2.75) is 19.6 Å². The Hall–Kier alpha value is -1.76. The van der Waals surface area contributed by atoms with Crippen LogP contribution in [0.4, 0.5) is 5.69 Å². The molecule has 0 unspecified atom stereocenters. The van der Waals surface area contributed by atoms with E-state index in [1.54, 1.807) is 25.1 Å². The lowest BCUT2D eigenvalue weighted by atomic mass is 10.2. The summed E-state index contributed by atoms with van der Waals surface area (Å²) in [6.45, 7) is 4.93. The van der Waals surface area contributed by atoms with E-state index in [0.29, 0.717) is 22.3 Å². The lowest BCUT2D eigenvalue weighted by Gasteiger charge is -2.12. The molecule has 0 radical (unpaired) electrons. The highest BCUT2D eigenvalue weighted by atomic mass is 35.5. The standard InChI is InChI=1S/C20H23ClN2O2S2/c1-3-25-19(24)17-8-7-16(12-18(17)21)23-20(26)22-9-10-27-13-15-6-4-5-14(2)11-15/h4-8,11-12H,3,9-10,13H2,1-2H3,(H2,22,23,26). The van der Waals surface area contributed by atoms with Gasteiger partial charge in [-0.25, -0.2) is 4.79 Å². The molecule has 144 valence electrons. The first-order valence-electron chi connectivity index (χ1n) is 8.64. The van der Waals surface area contributed by atoms with E-state index in [1.165, 1.54) is 11.1 Å². The van der Waals surface area contributed by atoms with Gasteiger partial charge in [0, 0.05) is 23.7 Å². The largest absolute Gasteiger partial charge is 0.462 e. The minimum Gasteiger partial charge on any atom is -0.462 e. The summed E-state index contributed by atoms with van der Waals surface area (Å²) in [5, 5.41) is 7.09. The maximum Gasteiger partial charge on any atom is 0.339 e. The van der Waals surface area contributed by atoms with Crippen LogP contribution in [0.2, 0.25) is 5.02 Å². The molecule has 2 aromatic rings. The van der Waals surface area contributed by atoms with Gasteiger partial charge in [-0.15, -0.1) is 0 Å². The fourth-order valence-corrected chi connectivity index (χ4v) is 3.65. The highest BCUT2D eigenvalue weighted by molar-refractivity contribution is 7.98. The topological polar surface area (TPSA) is 50.4 Å². The predicted molar refractivity (Wildman–Crippen MR) is 119 cm³/mol. The molecule has 0 spiro atoms. The molecule has 2 aromatic carbocycles. The molecule has 0 aliphatic carbocycles. The van der Waals surface area contributed by atoms with Crippen molar-refractivity contribution >= 4 is 52.3 Å². The molecular formula is C20H23ClN2O2S2. The average Bonchev–Trinajstić information content (AvgIpc) is 2.61. The smallest absolute Gasteiger partial charge is 0.339 e. The minimum absolute atomic E-state index is 0.311. The number of hydrogen-bond acceptors (Lipinski definition) is 4. The molecule has 0 saturated heterocycles. The summed E-state index contributed by atoms with van der Waals surface area (Å²) in [5.74, 6) is 1.49. The second kappa shape index (κ2) is 11.2. The van der Waals surface area contributed by atoms with Gasteiger partial charge in [0.25, 0.3) is 0 Å². The van der Waals surface area contributed by atoms with Crippen LogP contribution in [-0.2, 0) is 10.5 Å². The van der Waals surface area contributed by atoms with Crippen LogP contribution < -0.4 is 10.6 Å². The van der Waals surface area contributed by atoms with Crippen molar-refractivity contribution in [3.63, 3.8) is 0 Å².